The number of aromatic amines is 1. The number of H-pyrrole nitrogens is 1. The Bertz CT molecular complexity index is 2060. The van der Waals surface area contributed by atoms with Crippen LogP contribution < -0.4 is 26.9 Å². The molecule has 0 amide bonds. The average molecular weight is 806 g/mol. The van der Waals surface area contributed by atoms with Crippen LogP contribution in [0.25, 0.3) is 11.2 Å². The van der Waals surface area contributed by atoms with Gasteiger partial charge in [-0.15, -0.1) is 0 Å². The third-order valence-corrected chi connectivity index (χ3v) is 12.9. The van der Waals surface area contributed by atoms with Crippen molar-refractivity contribution in [3.63, 3.8) is 0 Å². The Labute approximate surface area is 289 Å². The van der Waals surface area contributed by atoms with E-state index in [2.05, 4.69) is 38.4 Å². The lowest BCUT2D eigenvalue weighted by molar-refractivity contribution is -0.745. The van der Waals surface area contributed by atoms with E-state index in [-0.39, 0.29) is 29.6 Å². The van der Waals surface area contributed by atoms with Crippen molar-refractivity contribution in [1.29, 1.82) is 0 Å². The van der Waals surface area contributed by atoms with Crippen LogP contribution in [0.5, 0.6) is 0 Å². The molecule has 0 spiro atoms. The van der Waals surface area contributed by atoms with Gasteiger partial charge in [0, 0.05) is 0 Å². The van der Waals surface area contributed by atoms with Gasteiger partial charge in [0.05, 0.1) is 33.1 Å². The largest absolute Gasteiger partial charge is 0.488 e. The average Bonchev–Trinajstić information content (AvgIpc) is 3.73. The van der Waals surface area contributed by atoms with Crippen LogP contribution >= 0.6 is 22.4 Å². The number of aliphatic imine (C=N–C) groups is 1. The van der Waals surface area contributed by atoms with Crippen LogP contribution in [0.4, 0.5) is 11.8 Å². The number of imidazole rings is 2. The summed E-state index contributed by atoms with van der Waals surface area (Å²) in [5.41, 5.74) is 11.2. The molecule has 0 radical (unpaired) electrons. The van der Waals surface area contributed by atoms with Crippen LogP contribution in [-0.4, -0.2) is 115 Å². The number of anilines is 2. The number of nitrogens with one attached hydrogen (secondary N) is 2. The van der Waals surface area contributed by atoms with Crippen molar-refractivity contribution < 1.29 is 75.9 Å². The van der Waals surface area contributed by atoms with Gasteiger partial charge in [0.25, 0.3) is 11.5 Å². The van der Waals surface area contributed by atoms with Crippen molar-refractivity contribution in [3.8, 4) is 0 Å². The number of nitrogens with two attached hydrogens (primary N) is 2. The molecule has 3 aliphatic heterocycles. The van der Waals surface area contributed by atoms with Crippen LogP contribution in [-0.2, 0) is 61.7 Å². The predicted octanol–water partition coefficient (Wildman–Crippen LogP) is -4.01. The number of rotatable bonds is 12. The summed E-state index contributed by atoms with van der Waals surface area (Å²) in [5.74, 6) is 0.126. The van der Waals surface area contributed by atoms with Gasteiger partial charge in [-0.05, 0) is 11.8 Å². The van der Waals surface area contributed by atoms with Gasteiger partial charge >= 0.3 is 28.0 Å². The minimum atomic E-state index is -5.75. The number of ether oxygens (including phenoxy) is 2. The fraction of sp³-hybridized carbons (Fsp3) is 0.571. The molecule has 6 heterocycles. The lowest BCUT2D eigenvalue weighted by atomic mass is 10.1. The van der Waals surface area contributed by atoms with Crippen molar-refractivity contribution in [3.05, 3.63) is 28.7 Å². The van der Waals surface area contributed by atoms with E-state index in [1.165, 1.54) is 33.4 Å². The number of guanidine groups is 1. The summed E-state index contributed by atoms with van der Waals surface area (Å²) in [6.07, 6.45) is -9.65. The SMILES string of the molecule is Cn1c[n+]([C@@H]2O[C@H](COP(O)(=S)OP(=O)(O)OP(=O)(O)OCC3OC(n4cnc5c4NC(N)=NC5)[C@H](O)[C@@H]3O)[C@@H](O)[C@H]2O)c2nc(N)[nH]c(=O)c21. The highest BCUT2D eigenvalue weighted by atomic mass is 32.5. The highest BCUT2D eigenvalue weighted by Crippen LogP contribution is 2.68. The third kappa shape index (κ3) is 7.81. The van der Waals surface area contributed by atoms with E-state index in [4.69, 9.17) is 37.3 Å². The Morgan fingerprint density at radius 1 is 1.02 bits per heavy atom. The molecule has 0 aromatic carbocycles. The standard InChI is InChI=1S/C21H31N10O16P3S/c1-29-6-31(16-10(29)17(36)28-21(23)27-16)19-14(35)12(33)9(45-19)4-43-50(41,51)47-49(39,40)46-48(37,38)42-3-8-11(32)13(34)18(44-8)30-5-25-7-2-24-20(22)26-15(7)30/h5-6,8-9,11-14,18-19,32-35H,2-4H2,1H3,(H8-,22,23,24,26,27,28,36,37,38,39,40,41,51)/p+1/t8?,9-,11-,12-,13-,14-,18?,19-,50?/m1/s1. The molecular weight excluding hydrogens is 773 g/mol. The van der Waals surface area contributed by atoms with Crippen LogP contribution in [0.15, 0.2) is 22.4 Å². The molecule has 11 atom stereocenters. The molecule has 282 valence electrons. The summed E-state index contributed by atoms with van der Waals surface area (Å²) in [7, 11) is -9.80. The minimum absolute atomic E-state index is 0.0127. The Balaban J connectivity index is 1.03. The number of hydrogen-bond donors (Lipinski definition) is 11. The molecule has 30 heteroatoms. The summed E-state index contributed by atoms with van der Waals surface area (Å²) >= 11 is 4.70. The zero-order chi connectivity index (χ0) is 37.2. The van der Waals surface area contributed by atoms with E-state index in [1.807, 2.05) is 0 Å². The number of phosphoric acid groups is 2. The molecule has 2 saturated heterocycles. The maximum absolute atomic E-state index is 12.6. The molecule has 0 aliphatic carbocycles. The molecule has 5 unspecified atom stereocenters. The summed E-state index contributed by atoms with van der Waals surface area (Å²) in [6.45, 7) is -6.52. The normalized spacial score (nSPS) is 31.4. The molecule has 6 rings (SSSR count). The molecule has 13 N–H and O–H groups in total. The number of aliphatic hydroxyl groups is 4. The van der Waals surface area contributed by atoms with Crippen LogP contribution in [0.3, 0.4) is 0 Å². The van der Waals surface area contributed by atoms with Crippen LogP contribution in [0.1, 0.15) is 18.1 Å². The first-order chi connectivity index (χ1) is 23.8. The highest BCUT2D eigenvalue weighted by molar-refractivity contribution is 8.08. The highest BCUT2D eigenvalue weighted by Gasteiger charge is 2.49. The van der Waals surface area contributed by atoms with E-state index >= 15 is 0 Å². The van der Waals surface area contributed by atoms with E-state index in [1.54, 1.807) is 0 Å². The van der Waals surface area contributed by atoms with Gasteiger partial charge in [-0.25, -0.2) is 28.0 Å². The molecule has 0 saturated carbocycles. The fourth-order valence-electron chi connectivity index (χ4n) is 5.47. The number of nitrogen functional groups attached to an aromatic ring is 1. The lowest BCUT2D eigenvalue weighted by Crippen LogP contribution is -2.46. The number of aromatic nitrogens is 6. The maximum Gasteiger partial charge on any atom is 0.488 e. The summed E-state index contributed by atoms with van der Waals surface area (Å²) in [5, 5.41) is 45.0. The van der Waals surface area contributed by atoms with Crippen molar-refractivity contribution in [2.45, 2.75) is 55.6 Å². The van der Waals surface area contributed by atoms with Crippen LogP contribution in [0, 0.1) is 0 Å². The molecule has 51 heavy (non-hydrogen) atoms. The first-order valence-electron chi connectivity index (χ1n) is 14.4. The van der Waals surface area contributed by atoms with Crippen LogP contribution in [0.2, 0.25) is 0 Å². The number of hydrogen-bond acceptors (Lipinski definition) is 20. The van der Waals surface area contributed by atoms with E-state index < -0.39 is 90.2 Å². The zero-order valence-corrected chi connectivity index (χ0v) is 29.3. The van der Waals surface area contributed by atoms with Crippen molar-refractivity contribution in [2.75, 3.05) is 24.3 Å². The van der Waals surface area contributed by atoms with Crippen molar-refractivity contribution >= 4 is 63.1 Å². The van der Waals surface area contributed by atoms with E-state index in [9.17, 15) is 49.0 Å². The topological polar surface area (TPSA) is 380 Å². The molecule has 3 aromatic rings. The third-order valence-electron chi connectivity index (χ3n) is 7.74. The second-order valence-corrected chi connectivity index (χ2v) is 17.3. The monoisotopic (exact) mass is 805 g/mol. The Kier molecular flexibility index (Phi) is 10.3. The number of aryl methyl sites for hydroxylation is 1. The van der Waals surface area contributed by atoms with Gasteiger partial charge < -0.3 is 65.9 Å². The lowest BCUT2D eigenvalue weighted by Gasteiger charge is -2.23. The molecule has 0 bridgehead atoms. The van der Waals surface area contributed by atoms with Crippen molar-refractivity contribution in [2.24, 2.45) is 17.8 Å². The Hall–Kier alpha value is -2.78. The fourth-order valence-corrected chi connectivity index (χ4v) is 9.94. The number of phosphoric ester groups is 1. The summed E-state index contributed by atoms with van der Waals surface area (Å²) in [6, 6.07) is 0. The zero-order valence-electron chi connectivity index (χ0n) is 25.8. The maximum atomic E-state index is 12.6. The second-order valence-electron chi connectivity index (χ2n) is 11.3. The summed E-state index contributed by atoms with van der Waals surface area (Å²) in [4.78, 5) is 57.4. The first kappa shape index (κ1) is 38.0. The Morgan fingerprint density at radius 2 is 1.69 bits per heavy atom. The van der Waals surface area contributed by atoms with Gasteiger partial charge in [0.2, 0.25) is 11.7 Å². The van der Waals surface area contributed by atoms with Gasteiger partial charge in [0.15, 0.2) is 18.5 Å². The van der Waals surface area contributed by atoms with E-state index in [0.717, 1.165) is 0 Å². The first-order valence-corrected chi connectivity index (χ1v) is 20.0. The van der Waals surface area contributed by atoms with Gasteiger partial charge in [0.1, 0.15) is 48.1 Å². The smallest absolute Gasteiger partial charge is 0.387 e. The summed E-state index contributed by atoms with van der Waals surface area (Å²) < 4.78 is 58.5. The molecule has 3 aliphatic rings. The second kappa shape index (κ2) is 13.9. The molecule has 26 nitrogen and oxygen atoms in total. The van der Waals surface area contributed by atoms with Crippen molar-refractivity contribution in [1.82, 2.24) is 24.1 Å². The predicted molar refractivity (Wildman–Crippen MR) is 169 cm³/mol. The van der Waals surface area contributed by atoms with Gasteiger partial charge in [-0.3, -0.25) is 23.4 Å². The van der Waals surface area contributed by atoms with E-state index in [0.29, 0.717) is 11.5 Å². The Morgan fingerprint density at radius 3 is 2.41 bits per heavy atom. The number of nitrogens with zero attached hydrogens (tertiary/aromatic N) is 6. The van der Waals surface area contributed by atoms with Gasteiger partial charge in [-0.2, -0.15) is 4.31 Å². The quantitative estimate of drug-likeness (QED) is 0.0613. The number of fused-ring (bicyclic) bond motifs is 2. The molecule has 2 fully saturated rings. The van der Waals surface area contributed by atoms with Gasteiger partial charge in [-0.1, -0.05) is 4.98 Å². The number of aliphatic hydroxyl groups excluding tert-OH is 4. The molecule has 3 aromatic heterocycles. The molecular formula is C21H32N10O16P3S+. The minimum Gasteiger partial charge on any atom is -0.387 e.